The van der Waals surface area contributed by atoms with Crippen molar-refractivity contribution in [2.24, 2.45) is 0 Å². The average molecular weight is 245 g/mol. The molecule has 1 aromatic rings. The van der Waals surface area contributed by atoms with Gasteiger partial charge in [0.05, 0.1) is 23.0 Å². The molecule has 18 heavy (non-hydrogen) atoms. The molecule has 4 nitrogen and oxygen atoms in total. The molecule has 0 aromatic heterocycles. The quantitative estimate of drug-likeness (QED) is 0.797. The summed E-state index contributed by atoms with van der Waals surface area (Å²) in [6, 6.07) is 7.86. The summed E-state index contributed by atoms with van der Waals surface area (Å²) < 4.78 is 0. The first-order valence-electron chi connectivity index (χ1n) is 6.43. The minimum atomic E-state index is 0.193. The van der Waals surface area contributed by atoms with Crippen LogP contribution in [0.5, 0.6) is 0 Å². The van der Waals surface area contributed by atoms with E-state index in [9.17, 15) is 0 Å². The van der Waals surface area contributed by atoms with Crippen LogP contribution in [0.3, 0.4) is 0 Å². The summed E-state index contributed by atoms with van der Waals surface area (Å²) in [4.78, 5) is 2.25. The fourth-order valence-corrected chi connectivity index (χ4v) is 2.63. The smallest absolute Gasteiger partial charge is 0.0992 e. The SMILES string of the molecule is N#Cc1ccc(N)c(N2CCCCC2CCO)c1. The predicted octanol–water partition coefficient (Wildman–Crippen LogP) is 1.88. The molecule has 0 bridgehead atoms. The van der Waals surface area contributed by atoms with Crippen molar-refractivity contribution in [3.05, 3.63) is 23.8 Å². The van der Waals surface area contributed by atoms with Crippen molar-refractivity contribution in [2.75, 3.05) is 23.8 Å². The molecule has 2 rings (SSSR count). The van der Waals surface area contributed by atoms with Gasteiger partial charge in [0.1, 0.15) is 0 Å². The largest absolute Gasteiger partial charge is 0.397 e. The third kappa shape index (κ3) is 2.57. The Morgan fingerprint density at radius 1 is 1.44 bits per heavy atom. The first-order chi connectivity index (χ1) is 8.76. The molecule has 0 amide bonds. The molecule has 1 aromatic carbocycles. The predicted molar refractivity (Wildman–Crippen MR) is 72.3 cm³/mol. The van der Waals surface area contributed by atoms with E-state index in [1.165, 1.54) is 6.42 Å². The molecule has 0 radical (unpaired) electrons. The van der Waals surface area contributed by atoms with Gasteiger partial charge in [0.2, 0.25) is 0 Å². The van der Waals surface area contributed by atoms with Crippen molar-refractivity contribution in [3.8, 4) is 6.07 Å². The number of aliphatic hydroxyl groups excluding tert-OH is 1. The Bertz CT molecular complexity index is 451. The number of anilines is 2. The van der Waals surface area contributed by atoms with E-state index in [4.69, 9.17) is 16.1 Å². The van der Waals surface area contributed by atoms with Gasteiger partial charge >= 0.3 is 0 Å². The lowest BCUT2D eigenvalue weighted by atomic mass is 9.98. The fraction of sp³-hybridized carbons (Fsp3) is 0.500. The lowest BCUT2D eigenvalue weighted by Gasteiger charge is -2.38. The van der Waals surface area contributed by atoms with Gasteiger partial charge in [0.15, 0.2) is 0 Å². The Hall–Kier alpha value is -1.73. The van der Waals surface area contributed by atoms with Gasteiger partial charge in [0.25, 0.3) is 0 Å². The van der Waals surface area contributed by atoms with E-state index in [1.807, 2.05) is 6.07 Å². The molecule has 1 aliphatic heterocycles. The average Bonchev–Trinajstić information content (AvgIpc) is 2.41. The number of piperidine rings is 1. The van der Waals surface area contributed by atoms with Gasteiger partial charge in [0, 0.05) is 19.2 Å². The minimum Gasteiger partial charge on any atom is -0.397 e. The van der Waals surface area contributed by atoms with Crippen molar-refractivity contribution in [1.29, 1.82) is 5.26 Å². The molecule has 1 saturated heterocycles. The van der Waals surface area contributed by atoms with Gasteiger partial charge in [-0.3, -0.25) is 0 Å². The van der Waals surface area contributed by atoms with E-state index in [1.54, 1.807) is 12.1 Å². The highest BCUT2D eigenvalue weighted by molar-refractivity contribution is 5.70. The van der Waals surface area contributed by atoms with E-state index in [2.05, 4.69) is 11.0 Å². The fourth-order valence-electron chi connectivity index (χ4n) is 2.63. The van der Waals surface area contributed by atoms with Crippen LogP contribution in [-0.4, -0.2) is 24.3 Å². The van der Waals surface area contributed by atoms with Gasteiger partial charge in [-0.25, -0.2) is 0 Å². The Morgan fingerprint density at radius 2 is 2.28 bits per heavy atom. The summed E-state index contributed by atoms with van der Waals surface area (Å²) in [6.45, 7) is 1.14. The Balaban J connectivity index is 2.30. The van der Waals surface area contributed by atoms with Crippen LogP contribution < -0.4 is 10.6 Å². The number of rotatable bonds is 3. The summed E-state index contributed by atoms with van der Waals surface area (Å²) >= 11 is 0. The molecule has 0 aliphatic carbocycles. The van der Waals surface area contributed by atoms with Crippen LogP contribution in [0.15, 0.2) is 18.2 Å². The highest BCUT2D eigenvalue weighted by Crippen LogP contribution is 2.31. The molecule has 1 atom stereocenters. The van der Waals surface area contributed by atoms with E-state index < -0.39 is 0 Å². The highest BCUT2D eigenvalue weighted by atomic mass is 16.3. The maximum absolute atomic E-state index is 9.14. The van der Waals surface area contributed by atoms with Crippen molar-refractivity contribution in [2.45, 2.75) is 31.7 Å². The molecule has 1 fully saturated rings. The standard InChI is InChI=1S/C14H19N3O/c15-10-11-4-5-13(16)14(9-11)17-7-2-1-3-12(17)6-8-18/h4-5,9,12,18H,1-3,6-8,16H2. The van der Waals surface area contributed by atoms with Crippen LogP contribution in [0.1, 0.15) is 31.2 Å². The zero-order valence-corrected chi connectivity index (χ0v) is 10.5. The second kappa shape index (κ2) is 5.74. The van der Waals surface area contributed by atoms with Crippen LogP contribution in [0.2, 0.25) is 0 Å². The lowest BCUT2D eigenvalue weighted by molar-refractivity contribution is 0.262. The van der Waals surface area contributed by atoms with Crippen molar-refractivity contribution >= 4 is 11.4 Å². The number of nitrogens with zero attached hydrogens (tertiary/aromatic N) is 2. The Kier molecular flexibility index (Phi) is 4.06. The third-order valence-corrected chi connectivity index (χ3v) is 3.56. The van der Waals surface area contributed by atoms with E-state index >= 15 is 0 Å². The topological polar surface area (TPSA) is 73.3 Å². The molecule has 3 N–H and O–H groups in total. The van der Waals surface area contributed by atoms with Gasteiger partial charge in [-0.2, -0.15) is 5.26 Å². The van der Waals surface area contributed by atoms with Gasteiger partial charge < -0.3 is 15.7 Å². The zero-order valence-electron chi connectivity index (χ0n) is 10.5. The number of benzene rings is 1. The first kappa shape index (κ1) is 12.7. The van der Waals surface area contributed by atoms with Crippen molar-refractivity contribution in [1.82, 2.24) is 0 Å². The second-order valence-corrected chi connectivity index (χ2v) is 4.74. The molecular formula is C14H19N3O. The van der Waals surface area contributed by atoms with Crippen LogP contribution >= 0.6 is 0 Å². The third-order valence-electron chi connectivity index (χ3n) is 3.56. The number of nitrogen functional groups attached to an aromatic ring is 1. The van der Waals surface area contributed by atoms with Crippen molar-refractivity contribution < 1.29 is 5.11 Å². The van der Waals surface area contributed by atoms with Crippen LogP contribution in [0.4, 0.5) is 11.4 Å². The molecule has 1 heterocycles. The molecule has 4 heteroatoms. The summed E-state index contributed by atoms with van der Waals surface area (Å²) in [5, 5.41) is 18.1. The van der Waals surface area contributed by atoms with Gasteiger partial charge in [-0.1, -0.05) is 0 Å². The normalized spacial score (nSPS) is 19.6. The summed E-state index contributed by atoms with van der Waals surface area (Å²) in [7, 11) is 0. The number of nitrogens with two attached hydrogens (primary N) is 1. The molecule has 1 unspecified atom stereocenters. The molecule has 0 saturated carbocycles. The van der Waals surface area contributed by atoms with E-state index in [0.717, 1.165) is 31.5 Å². The second-order valence-electron chi connectivity index (χ2n) is 4.74. The number of nitriles is 1. The minimum absolute atomic E-state index is 0.193. The summed E-state index contributed by atoms with van der Waals surface area (Å²) in [5.41, 5.74) is 8.30. The molecule has 96 valence electrons. The van der Waals surface area contributed by atoms with Crippen LogP contribution in [0.25, 0.3) is 0 Å². The van der Waals surface area contributed by atoms with E-state index in [0.29, 0.717) is 17.3 Å². The summed E-state index contributed by atoms with van der Waals surface area (Å²) in [6.07, 6.45) is 4.17. The first-order valence-corrected chi connectivity index (χ1v) is 6.43. The molecular weight excluding hydrogens is 226 g/mol. The zero-order chi connectivity index (χ0) is 13.0. The number of hydrogen-bond acceptors (Lipinski definition) is 4. The molecule has 0 spiro atoms. The molecule has 1 aliphatic rings. The lowest BCUT2D eigenvalue weighted by Crippen LogP contribution is -2.40. The van der Waals surface area contributed by atoms with Crippen LogP contribution in [-0.2, 0) is 0 Å². The number of hydrogen-bond donors (Lipinski definition) is 2. The van der Waals surface area contributed by atoms with E-state index in [-0.39, 0.29) is 6.61 Å². The monoisotopic (exact) mass is 245 g/mol. The Labute approximate surface area is 108 Å². The maximum atomic E-state index is 9.14. The van der Waals surface area contributed by atoms with Gasteiger partial charge in [-0.15, -0.1) is 0 Å². The maximum Gasteiger partial charge on any atom is 0.0992 e. The number of aliphatic hydroxyl groups is 1. The summed E-state index contributed by atoms with van der Waals surface area (Å²) in [5.74, 6) is 0. The Morgan fingerprint density at radius 3 is 3.00 bits per heavy atom. The van der Waals surface area contributed by atoms with Gasteiger partial charge in [-0.05, 0) is 43.9 Å². The highest BCUT2D eigenvalue weighted by Gasteiger charge is 2.23. The van der Waals surface area contributed by atoms with Crippen LogP contribution in [0, 0.1) is 11.3 Å². The van der Waals surface area contributed by atoms with Crippen molar-refractivity contribution in [3.63, 3.8) is 0 Å².